The second-order valence-electron chi connectivity index (χ2n) is 8.01. The quantitative estimate of drug-likeness (QED) is 0.490. The third-order valence-corrected chi connectivity index (χ3v) is 5.36. The maximum Gasteiger partial charge on any atom is 0.319 e. The summed E-state index contributed by atoms with van der Waals surface area (Å²) in [5.74, 6) is -0.301. The van der Waals surface area contributed by atoms with Crippen LogP contribution in [-0.2, 0) is 5.54 Å². The van der Waals surface area contributed by atoms with E-state index in [4.69, 9.17) is 17.3 Å². The van der Waals surface area contributed by atoms with Crippen molar-refractivity contribution in [1.29, 1.82) is 0 Å². The first-order valence-corrected chi connectivity index (χ1v) is 9.77. The largest absolute Gasteiger partial charge is 0.383 e. The van der Waals surface area contributed by atoms with Gasteiger partial charge < -0.3 is 11.1 Å². The molecule has 31 heavy (non-hydrogen) atoms. The normalized spacial score (nSPS) is 12.3. The number of rotatable bonds is 3. The fourth-order valence-electron chi connectivity index (χ4n) is 3.58. The van der Waals surface area contributed by atoms with Crippen molar-refractivity contribution in [2.24, 2.45) is 0 Å². The highest BCUT2D eigenvalue weighted by Crippen LogP contribution is 2.43. The van der Waals surface area contributed by atoms with E-state index in [2.05, 4.69) is 20.4 Å². The summed E-state index contributed by atoms with van der Waals surface area (Å²) in [5.41, 5.74) is 6.45. The Labute approximate surface area is 181 Å². The van der Waals surface area contributed by atoms with E-state index in [-0.39, 0.29) is 33.3 Å². The lowest BCUT2D eigenvalue weighted by atomic mass is 10.1. The van der Waals surface area contributed by atoms with Crippen LogP contribution in [0.2, 0.25) is 5.02 Å². The predicted octanol–water partition coefficient (Wildman–Crippen LogP) is 4.19. The molecule has 0 bridgehead atoms. The van der Waals surface area contributed by atoms with Gasteiger partial charge >= 0.3 is 6.55 Å². The number of aromatic nitrogens is 5. The van der Waals surface area contributed by atoms with E-state index in [1.807, 2.05) is 20.8 Å². The van der Waals surface area contributed by atoms with Gasteiger partial charge in [0, 0.05) is 18.0 Å². The van der Waals surface area contributed by atoms with E-state index in [0.29, 0.717) is 16.4 Å². The minimum absolute atomic E-state index is 0.0183. The number of amides is 1. The third kappa shape index (κ3) is 3.18. The zero-order valence-electron chi connectivity index (χ0n) is 17.2. The highest BCUT2D eigenvalue weighted by atomic mass is 35.5. The van der Waals surface area contributed by atoms with Gasteiger partial charge in [-0.15, -0.1) is 0 Å². The van der Waals surface area contributed by atoms with Crippen LogP contribution in [0.1, 0.15) is 37.7 Å². The van der Waals surface area contributed by atoms with E-state index < -0.39 is 18.0 Å². The van der Waals surface area contributed by atoms with Gasteiger partial charge in [0.05, 0.1) is 27.2 Å². The molecule has 0 aliphatic heterocycles. The molecule has 0 aliphatic carbocycles. The first kappa shape index (κ1) is 21.0. The fourth-order valence-corrected chi connectivity index (χ4v) is 3.93. The Morgan fingerprint density at radius 1 is 1.26 bits per heavy atom. The zero-order chi connectivity index (χ0) is 22.7. The minimum atomic E-state index is -2.95. The molecule has 4 rings (SSSR count). The van der Waals surface area contributed by atoms with Crippen molar-refractivity contribution in [2.75, 3.05) is 12.8 Å². The maximum atomic E-state index is 14.3. The number of nitrogens with one attached hydrogen (secondary N) is 1. The van der Waals surface area contributed by atoms with Gasteiger partial charge in [0.2, 0.25) is 0 Å². The van der Waals surface area contributed by atoms with Crippen molar-refractivity contribution in [2.45, 2.75) is 32.9 Å². The van der Waals surface area contributed by atoms with Gasteiger partial charge in [-0.1, -0.05) is 17.7 Å². The summed E-state index contributed by atoms with van der Waals surface area (Å²) in [4.78, 5) is 20.3. The molecular weight excluding hydrogens is 428 g/mol. The highest BCUT2D eigenvalue weighted by Gasteiger charge is 2.30. The topological polar surface area (TPSA) is 104 Å². The number of alkyl halides is 2. The summed E-state index contributed by atoms with van der Waals surface area (Å²) >= 11 is 6.60. The summed E-state index contributed by atoms with van der Waals surface area (Å²) in [6.07, 6.45) is 1.30. The van der Waals surface area contributed by atoms with Gasteiger partial charge in [0.15, 0.2) is 5.65 Å². The standard InChI is InChI=1S/C20H20ClF2N7O/c1-20(2,3)30-17-12(16(24)26-8-27-17)14(28-30)15-13(21)10-6-5-9(18(31)25-4)7-11(10)29(15)19(22)23/h5-8,19H,1-4H3,(H,25,31)(H2,24,26,27). The van der Waals surface area contributed by atoms with Crippen molar-refractivity contribution in [1.82, 2.24) is 29.6 Å². The molecule has 0 unspecified atom stereocenters. The molecule has 1 aromatic carbocycles. The van der Waals surface area contributed by atoms with Crippen LogP contribution in [0.4, 0.5) is 14.6 Å². The maximum absolute atomic E-state index is 14.3. The fraction of sp³-hybridized carbons (Fsp3) is 0.300. The molecule has 0 radical (unpaired) electrons. The van der Waals surface area contributed by atoms with Gasteiger partial charge in [-0.3, -0.25) is 9.36 Å². The van der Waals surface area contributed by atoms with Crippen LogP contribution >= 0.6 is 11.6 Å². The lowest BCUT2D eigenvalue weighted by Gasteiger charge is -2.19. The van der Waals surface area contributed by atoms with E-state index in [1.54, 1.807) is 4.68 Å². The van der Waals surface area contributed by atoms with Crippen molar-refractivity contribution in [3.63, 3.8) is 0 Å². The molecule has 0 atom stereocenters. The zero-order valence-corrected chi connectivity index (χ0v) is 18.0. The second kappa shape index (κ2) is 7.16. The molecule has 162 valence electrons. The van der Waals surface area contributed by atoms with Crippen LogP contribution in [-0.4, -0.2) is 37.3 Å². The molecule has 11 heteroatoms. The number of anilines is 1. The summed E-state index contributed by atoms with van der Waals surface area (Å²) in [7, 11) is 1.46. The third-order valence-electron chi connectivity index (χ3n) is 4.98. The van der Waals surface area contributed by atoms with Crippen LogP contribution in [0.5, 0.6) is 0 Å². The lowest BCUT2D eigenvalue weighted by Crippen LogP contribution is -2.23. The van der Waals surface area contributed by atoms with E-state index in [9.17, 15) is 13.6 Å². The number of carbonyl (C=O) groups excluding carboxylic acids is 1. The van der Waals surface area contributed by atoms with Gasteiger partial charge in [-0.05, 0) is 32.9 Å². The molecule has 3 heterocycles. The van der Waals surface area contributed by atoms with Crippen LogP contribution in [0.15, 0.2) is 24.5 Å². The average molecular weight is 448 g/mol. The predicted molar refractivity (Wildman–Crippen MR) is 115 cm³/mol. The van der Waals surface area contributed by atoms with Crippen LogP contribution in [0.25, 0.3) is 33.3 Å². The Balaban J connectivity index is 2.14. The number of carbonyl (C=O) groups is 1. The Bertz CT molecular complexity index is 1340. The Hall–Kier alpha value is -3.27. The highest BCUT2D eigenvalue weighted by molar-refractivity contribution is 6.39. The number of halogens is 3. The molecule has 3 N–H and O–H groups in total. The van der Waals surface area contributed by atoms with Crippen molar-refractivity contribution < 1.29 is 13.6 Å². The molecule has 0 aliphatic rings. The number of nitrogen functional groups attached to an aromatic ring is 1. The number of nitrogens with zero attached hydrogens (tertiary/aromatic N) is 5. The summed E-state index contributed by atoms with van der Waals surface area (Å²) < 4.78 is 31.0. The first-order valence-electron chi connectivity index (χ1n) is 9.40. The summed E-state index contributed by atoms with van der Waals surface area (Å²) in [5, 5.41) is 7.82. The lowest BCUT2D eigenvalue weighted by molar-refractivity contribution is 0.0767. The molecule has 1 amide bonds. The number of hydrogen-bond donors (Lipinski definition) is 2. The van der Waals surface area contributed by atoms with Crippen LogP contribution in [0.3, 0.4) is 0 Å². The molecule has 0 saturated heterocycles. The van der Waals surface area contributed by atoms with E-state index in [0.717, 1.165) is 4.57 Å². The van der Waals surface area contributed by atoms with Crippen molar-refractivity contribution in [3.05, 3.63) is 35.1 Å². The summed E-state index contributed by atoms with van der Waals surface area (Å²) in [6.45, 7) is 2.76. The Morgan fingerprint density at radius 2 is 1.97 bits per heavy atom. The Kier molecular flexibility index (Phi) is 4.84. The average Bonchev–Trinajstić information content (AvgIpc) is 3.23. The second-order valence-corrected chi connectivity index (χ2v) is 8.39. The number of benzene rings is 1. The molecule has 0 fully saturated rings. The van der Waals surface area contributed by atoms with Crippen molar-refractivity contribution in [3.8, 4) is 11.4 Å². The monoisotopic (exact) mass is 447 g/mol. The van der Waals surface area contributed by atoms with Crippen LogP contribution in [0, 0.1) is 0 Å². The molecule has 4 aromatic rings. The van der Waals surface area contributed by atoms with Gasteiger partial charge in [-0.25, -0.2) is 14.6 Å². The van der Waals surface area contributed by atoms with Gasteiger partial charge in [0.1, 0.15) is 17.8 Å². The Morgan fingerprint density at radius 3 is 2.58 bits per heavy atom. The smallest absolute Gasteiger partial charge is 0.319 e. The molecule has 0 saturated carbocycles. The number of nitrogens with two attached hydrogens (primary N) is 1. The summed E-state index contributed by atoms with van der Waals surface area (Å²) in [6, 6.07) is 4.43. The van der Waals surface area contributed by atoms with E-state index >= 15 is 0 Å². The minimum Gasteiger partial charge on any atom is -0.383 e. The number of hydrogen-bond acceptors (Lipinski definition) is 5. The van der Waals surface area contributed by atoms with E-state index in [1.165, 1.54) is 31.6 Å². The van der Waals surface area contributed by atoms with Crippen molar-refractivity contribution >= 4 is 45.3 Å². The van der Waals surface area contributed by atoms with Gasteiger partial charge in [0.25, 0.3) is 5.91 Å². The van der Waals surface area contributed by atoms with Crippen LogP contribution < -0.4 is 11.1 Å². The first-order chi connectivity index (χ1) is 14.6. The molecule has 8 nitrogen and oxygen atoms in total. The SMILES string of the molecule is CNC(=O)c1ccc2c(Cl)c(-c3nn(C(C)(C)C)c4ncnc(N)c34)n(C(F)F)c2c1. The molecule has 3 aromatic heterocycles. The molecular formula is C20H20ClF2N7O. The van der Waals surface area contributed by atoms with Gasteiger partial charge in [-0.2, -0.15) is 13.9 Å². The number of fused-ring (bicyclic) bond motifs is 2. The molecule has 0 spiro atoms.